The number of hydrogen-bond donors (Lipinski definition) is 1. The highest BCUT2D eigenvalue weighted by molar-refractivity contribution is 7.93. The van der Waals surface area contributed by atoms with Crippen molar-refractivity contribution in [2.24, 2.45) is 0 Å². The van der Waals surface area contributed by atoms with Gasteiger partial charge in [-0.3, -0.25) is 4.68 Å². The van der Waals surface area contributed by atoms with Crippen molar-refractivity contribution < 1.29 is 23.3 Å². The van der Waals surface area contributed by atoms with Gasteiger partial charge in [-0.05, 0) is 42.8 Å². The van der Waals surface area contributed by atoms with Crippen LogP contribution >= 0.6 is 0 Å². The molecule has 4 rings (SSSR count). The molecule has 1 N–H and O–H groups in total. The second kappa shape index (κ2) is 8.78. The maximum Gasteiger partial charge on any atom is 0.263 e. The summed E-state index contributed by atoms with van der Waals surface area (Å²) < 4.78 is 39.6. The van der Waals surface area contributed by atoms with Crippen LogP contribution in [0.4, 0.5) is 5.82 Å². The van der Waals surface area contributed by atoms with E-state index in [0.717, 1.165) is 11.3 Å². The molecule has 2 aromatic heterocycles. The summed E-state index contributed by atoms with van der Waals surface area (Å²) >= 11 is -1.73. The lowest BCUT2D eigenvalue weighted by Gasteiger charge is -2.15. The molecule has 0 fully saturated rings. The van der Waals surface area contributed by atoms with Gasteiger partial charge < -0.3 is 23.3 Å². The molecule has 0 radical (unpaired) electrons. The molecule has 2 aromatic carbocycles. The Bertz CT molecular complexity index is 1180. The third kappa shape index (κ3) is 4.12. The van der Waals surface area contributed by atoms with Crippen LogP contribution in [0.15, 0.2) is 52.0 Å². The van der Waals surface area contributed by atoms with Crippen LogP contribution < -0.4 is 18.9 Å². The van der Waals surface area contributed by atoms with Crippen molar-refractivity contribution in [2.45, 2.75) is 18.4 Å². The second-order valence-corrected chi connectivity index (χ2v) is 7.87. The van der Waals surface area contributed by atoms with Crippen LogP contribution in [0.1, 0.15) is 11.3 Å². The van der Waals surface area contributed by atoms with E-state index in [1.807, 2.05) is 36.0 Å². The smallest absolute Gasteiger partial charge is 0.263 e. The molecule has 31 heavy (non-hydrogen) atoms. The molecular formula is C21H22N4O5S. The minimum Gasteiger partial charge on any atom is -0.588 e. The van der Waals surface area contributed by atoms with Gasteiger partial charge in [0, 0.05) is 6.20 Å². The van der Waals surface area contributed by atoms with Crippen LogP contribution in [-0.2, 0) is 17.9 Å². The molecule has 0 spiro atoms. The molecule has 0 aliphatic rings. The number of nitrogens with one attached hydrogen (secondary N) is 1. The third-order valence-electron chi connectivity index (χ3n) is 4.69. The zero-order chi connectivity index (χ0) is 22.0. The molecule has 0 aliphatic heterocycles. The van der Waals surface area contributed by atoms with Crippen LogP contribution in [-0.4, -0.2) is 40.8 Å². The van der Waals surface area contributed by atoms with Crippen LogP contribution in [0, 0.1) is 6.92 Å². The van der Waals surface area contributed by atoms with E-state index in [9.17, 15) is 4.55 Å². The number of methoxy groups -OCH3 is 3. The number of ether oxygens (including phenoxy) is 3. The fourth-order valence-electron chi connectivity index (χ4n) is 3.29. The molecule has 4 aromatic rings. The van der Waals surface area contributed by atoms with E-state index in [1.54, 1.807) is 25.3 Å². The Labute approximate surface area is 182 Å². The highest BCUT2D eigenvalue weighted by Crippen LogP contribution is 2.38. The second-order valence-electron chi connectivity index (χ2n) is 6.72. The van der Waals surface area contributed by atoms with Crippen LogP contribution in [0.25, 0.3) is 11.0 Å². The highest BCUT2D eigenvalue weighted by Gasteiger charge is 2.27. The Kier molecular flexibility index (Phi) is 5.92. The third-order valence-corrected chi connectivity index (χ3v) is 5.85. The van der Waals surface area contributed by atoms with Gasteiger partial charge in [0.05, 0.1) is 33.6 Å². The van der Waals surface area contributed by atoms with Crippen molar-refractivity contribution in [2.75, 3.05) is 26.1 Å². The zero-order valence-corrected chi connectivity index (χ0v) is 18.4. The van der Waals surface area contributed by atoms with E-state index in [-0.39, 0.29) is 0 Å². The SMILES string of the molecule is COc1cccc(OC)c1[S+]([O-])Nc1noc2cc(Cn3ccc(C)n3)cc(OC)c12. The van der Waals surface area contributed by atoms with Gasteiger partial charge in [0.15, 0.2) is 17.1 Å². The van der Waals surface area contributed by atoms with Gasteiger partial charge in [0.2, 0.25) is 5.82 Å². The summed E-state index contributed by atoms with van der Waals surface area (Å²) in [6, 6.07) is 10.9. The molecule has 0 amide bonds. The van der Waals surface area contributed by atoms with E-state index < -0.39 is 11.4 Å². The first-order valence-corrected chi connectivity index (χ1v) is 10.5. The maximum atomic E-state index is 13.1. The van der Waals surface area contributed by atoms with Gasteiger partial charge in [0.1, 0.15) is 22.5 Å². The summed E-state index contributed by atoms with van der Waals surface area (Å²) in [6.45, 7) is 2.49. The van der Waals surface area contributed by atoms with Gasteiger partial charge in [-0.15, -0.1) is 0 Å². The highest BCUT2D eigenvalue weighted by atomic mass is 32.2. The standard InChI is InChI=1S/C21H22N4O5S/c1-13-8-9-25(22-13)12-14-10-17(29-4)19-18(11-14)30-23-21(19)24-31(26)20-15(27-2)6-5-7-16(20)28-3/h5-11H,12H2,1-4H3,(H,23,24). The Morgan fingerprint density at radius 2 is 1.77 bits per heavy atom. The van der Waals surface area contributed by atoms with E-state index in [1.165, 1.54) is 14.2 Å². The Hall–Kier alpha value is -3.37. The lowest BCUT2D eigenvalue weighted by Crippen LogP contribution is -2.15. The summed E-state index contributed by atoms with van der Waals surface area (Å²) in [7, 11) is 4.58. The fourth-order valence-corrected chi connectivity index (χ4v) is 4.37. The first kappa shape index (κ1) is 20.9. The van der Waals surface area contributed by atoms with Crippen molar-refractivity contribution in [3.8, 4) is 17.2 Å². The topological polar surface area (TPSA) is 107 Å². The largest absolute Gasteiger partial charge is 0.588 e. The van der Waals surface area contributed by atoms with Crippen molar-refractivity contribution in [3.05, 3.63) is 53.9 Å². The molecule has 10 heteroatoms. The number of hydrogen-bond acceptors (Lipinski definition) is 8. The number of nitrogens with zero attached hydrogens (tertiary/aromatic N) is 3. The Morgan fingerprint density at radius 3 is 2.39 bits per heavy atom. The number of rotatable bonds is 8. The molecule has 0 saturated heterocycles. The van der Waals surface area contributed by atoms with E-state index in [0.29, 0.717) is 45.5 Å². The first-order valence-electron chi connectivity index (χ1n) is 9.39. The minimum atomic E-state index is -1.73. The molecule has 9 nitrogen and oxygen atoms in total. The summed E-state index contributed by atoms with van der Waals surface area (Å²) in [4.78, 5) is 0.369. The molecule has 162 valence electrons. The lowest BCUT2D eigenvalue weighted by molar-refractivity contribution is 0.373. The monoisotopic (exact) mass is 442 g/mol. The van der Waals surface area contributed by atoms with Gasteiger partial charge in [-0.25, -0.2) is 0 Å². The molecule has 1 unspecified atom stereocenters. The summed E-state index contributed by atoms with van der Waals surface area (Å²) in [5.41, 5.74) is 2.38. The number of aromatic nitrogens is 3. The number of aryl methyl sites for hydroxylation is 1. The van der Waals surface area contributed by atoms with Crippen molar-refractivity contribution in [3.63, 3.8) is 0 Å². The maximum absolute atomic E-state index is 13.1. The van der Waals surface area contributed by atoms with Crippen LogP contribution in [0.3, 0.4) is 0 Å². The molecule has 2 heterocycles. The normalized spacial score (nSPS) is 12.0. The predicted molar refractivity (Wildman–Crippen MR) is 116 cm³/mol. The van der Waals surface area contributed by atoms with Crippen molar-refractivity contribution in [1.82, 2.24) is 14.9 Å². The number of anilines is 1. The number of fused-ring (bicyclic) bond motifs is 1. The number of benzene rings is 2. The van der Waals surface area contributed by atoms with Gasteiger partial charge >= 0.3 is 0 Å². The Balaban J connectivity index is 1.68. The molecular weight excluding hydrogens is 420 g/mol. The fraction of sp³-hybridized carbons (Fsp3) is 0.238. The average molecular weight is 442 g/mol. The van der Waals surface area contributed by atoms with Crippen LogP contribution in [0.5, 0.6) is 17.2 Å². The quantitative estimate of drug-likeness (QED) is 0.413. The van der Waals surface area contributed by atoms with Crippen molar-refractivity contribution in [1.29, 1.82) is 0 Å². The van der Waals surface area contributed by atoms with Crippen molar-refractivity contribution >= 4 is 28.1 Å². The molecule has 1 atom stereocenters. The van der Waals surface area contributed by atoms with E-state index in [2.05, 4.69) is 15.0 Å². The average Bonchev–Trinajstić information content (AvgIpc) is 3.38. The Morgan fingerprint density at radius 1 is 1.06 bits per heavy atom. The molecule has 0 bridgehead atoms. The van der Waals surface area contributed by atoms with E-state index in [4.69, 9.17) is 18.7 Å². The van der Waals surface area contributed by atoms with Gasteiger partial charge in [0.25, 0.3) is 4.90 Å². The predicted octanol–water partition coefficient (Wildman–Crippen LogP) is 3.54. The minimum absolute atomic E-state index is 0.291. The molecule has 0 aliphatic carbocycles. The van der Waals surface area contributed by atoms with Crippen LogP contribution in [0.2, 0.25) is 0 Å². The zero-order valence-electron chi connectivity index (χ0n) is 17.5. The van der Waals surface area contributed by atoms with Gasteiger partial charge in [-0.2, -0.15) is 9.82 Å². The van der Waals surface area contributed by atoms with E-state index >= 15 is 0 Å². The summed E-state index contributed by atoms with van der Waals surface area (Å²) in [6.07, 6.45) is 1.91. The summed E-state index contributed by atoms with van der Waals surface area (Å²) in [5.74, 6) is 1.70. The first-order chi connectivity index (χ1) is 15.0. The molecule has 0 saturated carbocycles. The summed E-state index contributed by atoms with van der Waals surface area (Å²) in [5, 5.41) is 9.06. The lowest BCUT2D eigenvalue weighted by atomic mass is 10.1. The van der Waals surface area contributed by atoms with Gasteiger partial charge in [-0.1, -0.05) is 11.2 Å².